The minimum atomic E-state index is -0.253. The van der Waals surface area contributed by atoms with Crippen molar-refractivity contribution in [1.29, 1.82) is 0 Å². The number of piperazine rings is 1. The zero-order valence-corrected chi connectivity index (χ0v) is 22.0. The molecule has 0 unspecified atom stereocenters. The fourth-order valence-corrected chi connectivity index (χ4v) is 4.50. The van der Waals surface area contributed by atoms with Crippen LogP contribution in [0.15, 0.2) is 95.4 Å². The molecule has 3 aromatic carbocycles. The predicted molar refractivity (Wildman–Crippen MR) is 153 cm³/mol. The van der Waals surface area contributed by atoms with E-state index in [0.29, 0.717) is 45.9 Å². The van der Waals surface area contributed by atoms with Crippen molar-refractivity contribution in [1.82, 2.24) is 4.90 Å². The third-order valence-electron chi connectivity index (χ3n) is 6.31. The fraction of sp³-hybridized carbons (Fsp3) is 0.133. The minimum absolute atomic E-state index is 0.0168. The largest absolute Gasteiger partial charge is 0.457 e. The summed E-state index contributed by atoms with van der Waals surface area (Å²) in [6.45, 7) is 2.73. The number of amides is 2. The van der Waals surface area contributed by atoms with Gasteiger partial charge < -0.3 is 19.5 Å². The van der Waals surface area contributed by atoms with Crippen LogP contribution in [0.2, 0.25) is 10.0 Å². The Kier molecular flexibility index (Phi) is 7.82. The average molecular weight is 546 g/mol. The predicted octanol–water partition coefficient (Wildman–Crippen LogP) is 6.87. The molecule has 0 saturated carbocycles. The van der Waals surface area contributed by atoms with Gasteiger partial charge in [-0.25, -0.2) is 0 Å². The minimum Gasteiger partial charge on any atom is -0.457 e. The van der Waals surface area contributed by atoms with Crippen LogP contribution in [0.5, 0.6) is 0 Å². The van der Waals surface area contributed by atoms with Gasteiger partial charge in [0.25, 0.3) is 5.91 Å². The molecule has 0 spiro atoms. The van der Waals surface area contributed by atoms with Crippen LogP contribution in [-0.4, -0.2) is 42.9 Å². The first-order chi connectivity index (χ1) is 18.4. The lowest BCUT2D eigenvalue weighted by atomic mass is 10.1. The Morgan fingerprint density at radius 1 is 0.763 bits per heavy atom. The number of rotatable bonds is 6. The molecule has 192 valence electrons. The SMILES string of the molecule is O=C(C=Cc1ccc(-c2ccc(Cl)cc2)o1)Nc1ccc(N2CCN(C(=O)c3ccc(Cl)cc3)CC2)cc1. The Balaban J connectivity index is 1.12. The van der Waals surface area contributed by atoms with Gasteiger partial charge in [0, 0.05) is 64.8 Å². The number of carbonyl (C=O) groups excluding carboxylic acids is 2. The van der Waals surface area contributed by atoms with Crippen LogP contribution >= 0.6 is 23.2 Å². The first-order valence-corrected chi connectivity index (χ1v) is 12.9. The van der Waals surface area contributed by atoms with Crippen LogP contribution in [0.1, 0.15) is 16.1 Å². The van der Waals surface area contributed by atoms with Gasteiger partial charge in [-0.05, 0) is 91.0 Å². The molecule has 1 N–H and O–H groups in total. The molecule has 1 aliphatic heterocycles. The van der Waals surface area contributed by atoms with Gasteiger partial charge in [-0.1, -0.05) is 23.2 Å². The van der Waals surface area contributed by atoms with E-state index in [1.165, 1.54) is 6.08 Å². The second-order valence-electron chi connectivity index (χ2n) is 8.86. The Labute approximate surface area is 231 Å². The molecule has 0 aliphatic carbocycles. The van der Waals surface area contributed by atoms with Gasteiger partial charge in [0.1, 0.15) is 11.5 Å². The summed E-state index contributed by atoms with van der Waals surface area (Å²) in [4.78, 5) is 29.2. The summed E-state index contributed by atoms with van der Waals surface area (Å²) in [7, 11) is 0. The molecule has 1 aromatic heterocycles. The van der Waals surface area contributed by atoms with Gasteiger partial charge in [-0.2, -0.15) is 0 Å². The standard InChI is InChI=1S/C30H25Cl2N3O3/c31-23-5-1-21(2-6-23)28-15-13-27(38-28)14-16-29(36)33-25-9-11-26(12-10-25)34-17-19-35(20-18-34)30(37)22-3-7-24(32)8-4-22/h1-16H,17-20H2,(H,33,36). The van der Waals surface area contributed by atoms with Crippen LogP contribution in [0.3, 0.4) is 0 Å². The normalized spacial score (nSPS) is 13.6. The molecule has 6 nitrogen and oxygen atoms in total. The van der Waals surface area contributed by atoms with Gasteiger partial charge in [0.15, 0.2) is 0 Å². The van der Waals surface area contributed by atoms with Crippen LogP contribution in [0.25, 0.3) is 17.4 Å². The molecule has 2 amide bonds. The monoisotopic (exact) mass is 545 g/mol. The second-order valence-corrected chi connectivity index (χ2v) is 9.74. The number of carbonyl (C=O) groups is 2. The Hall–Kier alpha value is -4.00. The van der Waals surface area contributed by atoms with Gasteiger partial charge in [0.2, 0.25) is 5.91 Å². The molecular formula is C30H25Cl2N3O3. The number of hydrogen-bond acceptors (Lipinski definition) is 4. The van der Waals surface area contributed by atoms with Crippen molar-refractivity contribution in [2.24, 2.45) is 0 Å². The maximum atomic E-state index is 12.7. The van der Waals surface area contributed by atoms with Crippen molar-refractivity contribution in [3.8, 4) is 11.3 Å². The molecule has 38 heavy (non-hydrogen) atoms. The summed E-state index contributed by atoms with van der Waals surface area (Å²) in [6, 6.07) is 25.7. The Morgan fingerprint density at radius 2 is 1.39 bits per heavy atom. The van der Waals surface area contributed by atoms with E-state index in [4.69, 9.17) is 27.6 Å². The van der Waals surface area contributed by atoms with Crippen molar-refractivity contribution in [3.05, 3.63) is 112 Å². The van der Waals surface area contributed by atoms with Gasteiger partial charge >= 0.3 is 0 Å². The first-order valence-electron chi connectivity index (χ1n) is 12.2. The van der Waals surface area contributed by atoms with Crippen molar-refractivity contribution >= 4 is 52.5 Å². The third kappa shape index (κ3) is 6.28. The highest BCUT2D eigenvalue weighted by atomic mass is 35.5. The van der Waals surface area contributed by atoms with Crippen molar-refractivity contribution < 1.29 is 14.0 Å². The molecule has 1 saturated heterocycles. The highest BCUT2D eigenvalue weighted by molar-refractivity contribution is 6.31. The van der Waals surface area contributed by atoms with E-state index >= 15 is 0 Å². The van der Waals surface area contributed by atoms with Crippen molar-refractivity contribution in [2.45, 2.75) is 0 Å². The fourth-order valence-electron chi connectivity index (χ4n) is 4.25. The van der Waals surface area contributed by atoms with Crippen LogP contribution in [0, 0.1) is 0 Å². The molecule has 1 aliphatic rings. The van der Waals surface area contributed by atoms with Gasteiger partial charge in [-0.15, -0.1) is 0 Å². The molecule has 4 aromatic rings. The number of nitrogens with one attached hydrogen (secondary N) is 1. The van der Waals surface area contributed by atoms with E-state index in [9.17, 15) is 9.59 Å². The van der Waals surface area contributed by atoms with E-state index < -0.39 is 0 Å². The zero-order valence-electron chi connectivity index (χ0n) is 20.4. The molecule has 0 bridgehead atoms. The first kappa shape index (κ1) is 25.6. The van der Waals surface area contributed by atoms with Gasteiger partial charge in [-0.3, -0.25) is 9.59 Å². The van der Waals surface area contributed by atoms with E-state index in [2.05, 4.69) is 10.2 Å². The molecule has 2 heterocycles. The maximum Gasteiger partial charge on any atom is 0.253 e. The zero-order chi connectivity index (χ0) is 26.5. The van der Waals surface area contributed by atoms with Crippen LogP contribution < -0.4 is 10.2 Å². The topological polar surface area (TPSA) is 65.8 Å². The molecule has 0 radical (unpaired) electrons. The van der Waals surface area contributed by atoms with E-state index in [1.54, 1.807) is 42.5 Å². The summed E-state index contributed by atoms with van der Waals surface area (Å²) in [5.74, 6) is 1.04. The summed E-state index contributed by atoms with van der Waals surface area (Å²) in [5, 5.41) is 4.14. The smallest absolute Gasteiger partial charge is 0.253 e. The van der Waals surface area contributed by atoms with Crippen molar-refractivity contribution in [3.63, 3.8) is 0 Å². The van der Waals surface area contributed by atoms with E-state index in [1.807, 2.05) is 53.4 Å². The van der Waals surface area contributed by atoms with Crippen molar-refractivity contribution in [2.75, 3.05) is 36.4 Å². The second kappa shape index (κ2) is 11.6. The lowest BCUT2D eigenvalue weighted by molar-refractivity contribution is -0.111. The van der Waals surface area contributed by atoms with Crippen LogP contribution in [-0.2, 0) is 4.79 Å². The number of benzene rings is 3. The number of nitrogens with zero attached hydrogens (tertiary/aromatic N) is 2. The number of halogens is 2. The summed E-state index contributed by atoms with van der Waals surface area (Å²) in [6.07, 6.45) is 3.07. The highest BCUT2D eigenvalue weighted by Crippen LogP contribution is 2.25. The number of hydrogen-bond donors (Lipinski definition) is 1. The highest BCUT2D eigenvalue weighted by Gasteiger charge is 2.22. The van der Waals surface area contributed by atoms with E-state index in [0.717, 1.165) is 24.3 Å². The number of anilines is 2. The summed E-state index contributed by atoms with van der Waals surface area (Å²) >= 11 is 11.9. The molecular weight excluding hydrogens is 521 g/mol. The Bertz CT molecular complexity index is 1440. The van der Waals surface area contributed by atoms with Gasteiger partial charge in [0.05, 0.1) is 0 Å². The van der Waals surface area contributed by atoms with Crippen LogP contribution in [0.4, 0.5) is 11.4 Å². The summed E-state index contributed by atoms with van der Waals surface area (Å²) in [5.41, 5.74) is 3.29. The lowest BCUT2D eigenvalue weighted by Crippen LogP contribution is -2.48. The molecule has 1 fully saturated rings. The average Bonchev–Trinajstić information content (AvgIpc) is 3.42. The maximum absolute atomic E-state index is 12.7. The number of furan rings is 1. The van der Waals surface area contributed by atoms with E-state index in [-0.39, 0.29) is 11.8 Å². The quantitative estimate of drug-likeness (QED) is 0.268. The summed E-state index contributed by atoms with van der Waals surface area (Å²) < 4.78 is 5.80. The third-order valence-corrected chi connectivity index (χ3v) is 6.82. The Morgan fingerprint density at radius 3 is 2.05 bits per heavy atom. The molecule has 0 atom stereocenters. The molecule has 5 rings (SSSR count). The lowest BCUT2D eigenvalue weighted by Gasteiger charge is -2.36. The molecule has 8 heteroatoms.